The lowest BCUT2D eigenvalue weighted by atomic mass is 10.1. The summed E-state index contributed by atoms with van der Waals surface area (Å²) >= 11 is 0. The highest BCUT2D eigenvalue weighted by molar-refractivity contribution is 6.14. The maximum absolute atomic E-state index is 12.9. The Kier molecular flexibility index (Phi) is 6.82. The lowest BCUT2D eigenvalue weighted by Gasteiger charge is -2.18. The highest BCUT2D eigenvalue weighted by atomic mass is 16.6. The molecule has 0 saturated carbocycles. The standard InChI is InChI=1S/C27H24O7/c1-4-32-27(29)26(17-9-6-5-7-10-17)33-19-13-14-20-22(16-19)34-23(24(20)28)15-18-11-8-12-21(30-2)25(18)31-3/h5-16,26H,4H2,1-3H3/t26-/m1/s1. The fraction of sp³-hybridized carbons (Fsp3) is 0.185. The molecule has 0 amide bonds. The normalized spacial score (nSPS) is 14.2. The van der Waals surface area contributed by atoms with Crippen LogP contribution in [0.2, 0.25) is 0 Å². The highest BCUT2D eigenvalue weighted by Gasteiger charge is 2.30. The number of methoxy groups -OCH3 is 2. The van der Waals surface area contributed by atoms with Gasteiger partial charge in [0, 0.05) is 17.2 Å². The zero-order chi connectivity index (χ0) is 24.1. The van der Waals surface area contributed by atoms with Gasteiger partial charge in [-0.1, -0.05) is 42.5 Å². The number of hydrogen-bond donors (Lipinski definition) is 0. The van der Waals surface area contributed by atoms with Crippen molar-refractivity contribution in [1.82, 2.24) is 0 Å². The summed E-state index contributed by atoms with van der Waals surface area (Å²) in [4.78, 5) is 25.5. The minimum Gasteiger partial charge on any atom is -0.493 e. The van der Waals surface area contributed by atoms with Gasteiger partial charge in [0.2, 0.25) is 11.9 Å². The molecule has 0 saturated heterocycles. The predicted octanol–water partition coefficient (Wildman–Crippen LogP) is 5.00. The highest BCUT2D eigenvalue weighted by Crippen LogP contribution is 2.38. The van der Waals surface area contributed by atoms with Crippen LogP contribution in [0.1, 0.15) is 34.5 Å². The Hall–Kier alpha value is -4.26. The average Bonchev–Trinajstić information content (AvgIpc) is 3.17. The first-order valence-corrected chi connectivity index (χ1v) is 10.7. The van der Waals surface area contributed by atoms with Crippen LogP contribution in [-0.4, -0.2) is 32.6 Å². The van der Waals surface area contributed by atoms with Crippen LogP contribution < -0.4 is 18.9 Å². The molecule has 3 aromatic carbocycles. The second-order valence-electron chi connectivity index (χ2n) is 7.34. The molecule has 0 N–H and O–H groups in total. The molecule has 1 heterocycles. The maximum atomic E-state index is 12.9. The Bertz CT molecular complexity index is 1230. The van der Waals surface area contributed by atoms with Gasteiger partial charge in [-0.3, -0.25) is 4.79 Å². The van der Waals surface area contributed by atoms with E-state index in [1.54, 1.807) is 68.6 Å². The number of allylic oxidation sites excluding steroid dienone is 1. The minimum atomic E-state index is -0.952. The van der Waals surface area contributed by atoms with Crippen LogP contribution in [0.4, 0.5) is 0 Å². The monoisotopic (exact) mass is 460 g/mol. The van der Waals surface area contributed by atoms with Crippen molar-refractivity contribution in [2.75, 3.05) is 20.8 Å². The zero-order valence-corrected chi connectivity index (χ0v) is 19.1. The molecule has 7 heteroatoms. The number of para-hydroxylation sites is 1. The first-order chi connectivity index (χ1) is 16.5. The summed E-state index contributed by atoms with van der Waals surface area (Å²) in [6, 6.07) is 19.3. The molecule has 4 rings (SSSR count). The van der Waals surface area contributed by atoms with Gasteiger partial charge in [-0.2, -0.15) is 0 Å². The average molecular weight is 460 g/mol. The van der Waals surface area contributed by atoms with E-state index >= 15 is 0 Å². The number of carbonyl (C=O) groups is 2. The van der Waals surface area contributed by atoms with E-state index in [1.165, 1.54) is 7.11 Å². The third-order valence-corrected chi connectivity index (χ3v) is 5.22. The quantitative estimate of drug-likeness (QED) is 0.346. The van der Waals surface area contributed by atoms with Gasteiger partial charge in [0.15, 0.2) is 17.3 Å². The van der Waals surface area contributed by atoms with Gasteiger partial charge >= 0.3 is 5.97 Å². The molecule has 1 aliphatic rings. The number of rotatable bonds is 8. The van der Waals surface area contributed by atoms with Crippen LogP contribution in [-0.2, 0) is 9.53 Å². The predicted molar refractivity (Wildman–Crippen MR) is 125 cm³/mol. The molecular weight excluding hydrogens is 436 g/mol. The SMILES string of the molecule is CCOC(=O)[C@H](Oc1ccc2c(c1)OC(=Cc1cccc(OC)c1OC)C2=O)c1ccccc1. The second kappa shape index (κ2) is 10.1. The van der Waals surface area contributed by atoms with Gasteiger partial charge in [-0.05, 0) is 31.2 Å². The van der Waals surface area contributed by atoms with E-state index in [-0.39, 0.29) is 18.1 Å². The van der Waals surface area contributed by atoms with Gasteiger partial charge < -0.3 is 23.7 Å². The number of benzene rings is 3. The fourth-order valence-electron chi connectivity index (χ4n) is 3.64. The molecule has 3 aromatic rings. The lowest BCUT2D eigenvalue weighted by Crippen LogP contribution is -2.21. The van der Waals surface area contributed by atoms with E-state index < -0.39 is 12.1 Å². The summed E-state index contributed by atoms with van der Waals surface area (Å²) in [5.74, 6) is 1.12. The molecule has 34 heavy (non-hydrogen) atoms. The maximum Gasteiger partial charge on any atom is 0.352 e. The summed E-state index contributed by atoms with van der Waals surface area (Å²) in [6.07, 6.45) is 0.655. The van der Waals surface area contributed by atoms with Crippen molar-refractivity contribution in [3.63, 3.8) is 0 Å². The first kappa shape index (κ1) is 22.9. The van der Waals surface area contributed by atoms with Gasteiger partial charge in [0.1, 0.15) is 11.5 Å². The molecule has 174 valence electrons. The van der Waals surface area contributed by atoms with Crippen molar-refractivity contribution in [1.29, 1.82) is 0 Å². The molecule has 0 fully saturated rings. The molecule has 1 aliphatic heterocycles. The Morgan fingerprint density at radius 3 is 2.50 bits per heavy atom. The summed E-state index contributed by atoms with van der Waals surface area (Å²) in [7, 11) is 3.07. The van der Waals surface area contributed by atoms with E-state index in [0.29, 0.717) is 39.7 Å². The van der Waals surface area contributed by atoms with Crippen LogP contribution >= 0.6 is 0 Å². The smallest absolute Gasteiger partial charge is 0.352 e. The van der Waals surface area contributed by atoms with E-state index in [9.17, 15) is 9.59 Å². The van der Waals surface area contributed by atoms with E-state index in [4.69, 9.17) is 23.7 Å². The Morgan fingerprint density at radius 2 is 1.79 bits per heavy atom. The third kappa shape index (κ3) is 4.59. The van der Waals surface area contributed by atoms with E-state index in [0.717, 1.165) is 0 Å². The Balaban J connectivity index is 1.61. The first-order valence-electron chi connectivity index (χ1n) is 10.7. The van der Waals surface area contributed by atoms with Crippen molar-refractivity contribution >= 4 is 17.8 Å². The van der Waals surface area contributed by atoms with Gasteiger partial charge in [-0.15, -0.1) is 0 Å². The summed E-state index contributed by atoms with van der Waals surface area (Å²) < 4.78 is 27.8. The number of ether oxygens (including phenoxy) is 5. The summed E-state index contributed by atoms with van der Waals surface area (Å²) in [5.41, 5.74) is 1.69. The Morgan fingerprint density at radius 1 is 1.00 bits per heavy atom. The van der Waals surface area contributed by atoms with Gasteiger partial charge in [-0.25, -0.2) is 4.79 Å². The van der Waals surface area contributed by atoms with E-state index in [2.05, 4.69) is 0 Å². The summed E-state index contributed by atoms with van der Waals surface area (Å²) in [6.45, 7) is 1.97. The van der Waals surface area contributed by atoms with Crippen LogP contribution in [0.5, 0.6) is 23.0 Å². The molecule has 0 bridgehead atoms. The largest absolute Gasteiger partial charge is 0.493 e. The van der Waals surface area contributed by atoms with Crippen molar-refractivity contribution in [2.45, 2.75) is 13.0 Å². The van der Waals surface area contributed by atoms with Crippen molar-refractivity contribution in [3.05, 3.63) is 89.2 Å². The Labute approximate surface area is 197 Å². The number of esters is 1. The van der Waals surface area contributed by atoms with Crippen LogP contribution in [0.3, 0.4) is 0 Å². The molecule has 0 aliphatic carbocycles. The molecule has 0 spiro atoms. The number of fused-ring (bicyclic) bond motifs is 1. The van der Waals surface area contributed by atoms with Crippen LogP contribution in [0.15, 0.2) is 72.5 Å². The zero-order valence-electron chi connectivity index (χ0n) is 19.1. The van der Waals surface area contributed by atoms with Crippen molar-refractivity contribution in [3.8, 4) is 23.0 Å². The molecule has 7 nitrogen and oxygen atoms in total. The second-order valence-corrected chi connectivity index (χ2v) is 7.34. The number of ketones is 1. The minimum absolute atomic E-state index is 0.142. The molecule has 0 aromatic heterocycles. The topological polar surface area (TPSA) is 80.3 Å². The lowest BCUT2D eigenvalue weighted by molar-refractivity contribution is -0.151. The third-order valence-electron chi connectivity index (χ3n) is 5.22. The molecule has 0 radical (unpaired) electrons. The van der Waals surface area contributed by atoms with Crippen molar-refractivity contribution in [2.24, 2.45) is 0 Å². The molecular formula is C27H24O7. The van der Waals surface area contributed by atoms with E-state index in [1.807, 2.05) is 18.2 Å². The van der Waals surface area contributed by atoms with Gasteiger partial charge in [0.25, 0.3) is 0 Å². The van der Waals surface area contributed by atoms with Crippen LogP contribution in [0, 0.1) is 0 Å². The molecule has 1 atom stereocenters. The van der Waals surface area contributed by atoms with Crippen LogP contribution in [0.25, 0.3) is 6.08 Å². The van der Waals surface area contributed by atoms with Crippen molar-refractivity contribution < 1.29 is 33.3 Å². The summed E-state index contributed by atoms with van der Waals surface area (Å²) in [5, 5.41) is 0. The number of hydrogen-bond acceptors (Lipinski definition) is 7. The number of carbonyl (C=O) groups excluding carboxylic acids is 2. The number of Topliss-reactive ketones (excluding diaryl/α,β-unsaturated/α-hetero) is 1. The van der Waals surface area contributed by atoms with Gasteiger partial charge in [0.05, 0.1) is 26.4 Å². The fourth-order valence-corrected chi connectivity index (χ4v) is 3.64. The molecule has 0 unspecified atom stereocenters.